The number of quaternary nitrogens is 1. The molecular formula is C23H30N3O3+. The summed E-state index contributed by atoms with van der Waals surface area (Å²) in [7, 11) is 1.78. The molecule has 0 heterocycles. The van der Waals surface area contributed by atoms with E-state index < -0.39 is 6.04 Å². The van der Waals surface area contributed by atoms with Gasteiger partial charge in [0.2, 0.25) is 0 Å². The number of carbonyl (C=O) groups excluding carboxylic acids is 3. The molecule has 0 saturated heterocycles. The first-order valence-corrected chi connectivity index (χ1v) is 9.77. The molecule has 154 valence electrons. The van der Waals surface area contributed by atoms with Crippen molar-refractivity contribution in [3.8, 4) is 0 Å². The molecule has 2 aromatic carbocycles. The molecule has 0 aliphatic carbocycles. The van der Waals surface area contributed by atoms with Crippen molar-refractivity contribution in [2.24, 2.45) is 0 Å². The first-order chi connectivity index (χ1) is 13.8. The van der Waals surface area contributed by atoms with Gasteiger partial charge in [-0.2, -0.15) is 0 Å². The van der Waals surface area contributed by atoms with Crippen LogP contribution in [0.1, 0.15) is 23.6 Å². The highest BCUT2D eigenvalue weighted by Crippen LogP contribution is 2.17. The van der Waals surface area contributed by atoms with Crippen LogP contribution < -0.4 is 15.5 Å². The van der Waals surface area contributed by atoms with E-state index >= 15 is 0 Å². The lowest BCUT2D eigenvalue weighted by Crippen LogP contribution is -3.11. The van der Waals surface area contributed by atoms with Gasteiger partial charge in [0.05, 0.1) is 13.1 Å². The van der Waals surface area contributed by atoms with E-state index in [2.05, 4.69) is 10.6 Å². The summed E-state index contributed by atoms with van der Waals surface area (Å²) >= 11 is 0. The number of carbonyl (C=O) groups is 3. The van der Waals surface area contributed by atoms with Crippen LogP contribution in [0.5, 0.6) is 0 Å². The number of amides is 2. The summed E-state index contributed by atoms with van der Waals surface area (Å²) in [6.07, 6.45) is 0.452. The second kappa shape index (κ2) is 10.5. The molecule has 0 bridgehead atoms. The zero-order chi connectivity index (χ0) is 21.4. The predicted molar refractivity (Wildman–Crippen MR) is 114 cm³/mol. The van der Waals surface area contributed by atoms with E-state index in [-0.39, 0.29) is 30.7 Å². The number of aryl methyl sites for hydroxylation is 1. The molecule has 29 heavy (non-hydrogen) atoms. The van der Waals surface area contributed by atoms with Gasteiger partial charge in [0.25, 0.3) is 11.8 Å². The van der Waals surface area contributed by atoms with Crippen LogP contribution in [0.2, 0.25) is 0 Å². The van der Waals surface area contributed by atoms with Crippen LogP contribution in [-0.4, -0.2) is 43.8 Å². The topological polar surface area (TPSA) is 79.7 Å². The second-order valence-corrected chi connectivity index (χ2v) is 7.53. The molecule has 0 aliphatic heterocycles. The number of benzene rings is 2. The van der Waals surface area contributed by atoms with Gasteiger partial charge >= 0.3 is 0 Å². The minimum Gasteiger partial charge on any atom is -0.341 e. The quantitative estimate of drug-likeness (QED) is 0.593. The summed E-state index contributed by atoms with van der Waals surface area (Å²) in [5.41, 5.74) is 3.91. The summed E-state index contributed by atoms with van der Waals surface area (Å²) < 4.78 is 0. The molecule has 0 spiro atoms. The van der Waals surface area contributed by atoms with Crippen molar-refractivity contribution in [3.05, 3.63) is 65.2 Å². The summed E-state index contributed by atoms with van der Waals surface area (Å²) in [5.74, 6) is -0.498. The van der Waals surface area contributed by atoms with Crippen LogP contribution in [0.4, 0.5) is 5.69 Å². The second-order valence-electron chi connectivity index (χ2n) is 7.53. The Morgan fingerprint density at radius 3 is 2.24 bits per heavy atom. The lowest BCUT2D eigenvalue weighted by molar-refractivity contribution is -0.862. The Balaban J connectivity index is 1.86. The first-order valence-electron chi connectivity index (χ1n) is 9.77. The van der Waals surface area contributed by atoms with Crippen molar-refractivity contribution in [3.63, 3.8) is 0 Å². The Morgan fingerprint density at radius 1 is 0.931 bits per heavy atom. The largest absolute Gasteiger partial charge is 0.341 e. The highest BCUT2D eigenvalue weighted by molar-refractivity contribution is 5.92. The molecule has 2 rings (SSSR count). The fourth-order valence-electron chi connectivity index (χ4n) is 3.08. The highest BCUT2D eigenvalue weighted by Gasteiger charge is 2.21. The standard InChI is InChI=1S/C23H29N3O3/c1-16-9-8-12-20(17(16)2)24-22(28)14-26(4)15-23(29)25-21(18(3)27)13-19-10-6-5-7-11-19/h5-12,21H,13-15H2,1-4H3,(H,24,28)(H,25,29)/p+1/t21-/m1/s1. The van der Waals surface area contributed by atoms with E-state index in [1.165, 1.54) is 6.92 Å². The van der Waals surface area contributed by atoms with E-state index in [9.17, 15) is 14.4 Å². The van der Waals surface area contributed by atoms with Crippen LogP contribution in [-0.2, 0) is 20.8 Å². The maximum Gasteiger partial charge on any atom is 0.279 e. The van der Waals surface area contributed by atoms with Crippen molar-refractivity contribution in [1.82, 2.24) is 5.32 Å². The van der Waals surface area contributed by atoms with Crippen molar-refractivity contribution in [1.29, 1.82) is 0 Å². The molecule has 0 aromatic heterocycles. The Labute approximate surface area is 172 Å². The molecule has 0 aliphatic rings. The van der Waals surface area contributed by atoms with Crippen LogP contribution in [0.3, 0.4) is 0 Å². The number of hydrogen-bond acceptors (Lipinski definition) is 3. The molecule has 0 radical (unpaired) electrons. The summed E-state index contributed by atoms with van der Waals surface area (Å²) in [6, 6.07) is 14.8. The Kier molecular flexibility index (Phi) is 8.09. The fourth-order valence-corrected chi connectivity index (χ4v) is 3.08. The Hall–Kier alpha value is -2.99. The average molecular weight is 397 g/mol. The van der Waals surface area contributed by atoms with Gasteiger partial charge in [-0.3, -0.25) is 14.4 Å². The minimum atomic E-state index is -0.568. The minimum absolute atomic E-state index is 0.0903. The highest BCUT2D eigenvalue weighted by atomic mass is 16.2. The van der Waals surface area contributed by atoms with E-state index in [1.807, 2.05) is 62.4 Å². The van der Waals surface area contributed by atoms with Crippen LogP contribution in [0, 0.1) is 13.8 Å². The number of nitrogens with one attached hydrogen (secondary N) is 3. The zero-order valence-electron chi connectivity index (χ0n) is 17.5. The molecule has 2 aromatic rings. The molecule has 0 saturated carbocycles. The van der Waals surface area contributed by atoms with Crippen LogP contribution in [0.25, 0.3) is 0 Å². The summed E-state index contributed by atoms with van der Waals surface area (Å²) in [4.78, 5) is 37.4. The molecule has 3 N–H and O–H groups in total. The van der Waals surface area contributed by atoms with Gasteiger partial charge in [-0.15, -0.1) is 0 Å². The van der Waals surface area contributed by atoms with E-state index in [0.29, 0.717) is 6.42 Å². The molecular weight excluding hydrogens is 366 g/mol. The predicted octanol–water partition coefficient (Wildman–Crippen LogP) is 1.07. The van der Waals surface area contributed by atoms with E-state index in [1.54, 1.807) is 7.05 Å². The number of ketones is 1. The van der Waals surface area contributed by atoms with Crippen molar-refractivity contribution < 1.29 is 19.3 Å². The van der Waals surface area contributed by atoms with Gasteiger partial charge < -0.3 is 15.5 Å². The molecule has 1 unspecified atom stereocenters. The van der Waals surface area contributed by atoms with Crippen molar-refractivity contribution in [2.45, 2.75) is 33.2 Å². The zero-order valence-corrected chi connectivity index (χ0v) is 17.5. The van der Waals surface area contributed by atoms with Gasteiger partial charge in [0, 0.05) is 5.69 Å². The first kappa shape index (κ1) is 22.3. The average Bonchev–Trinajstić information content (AvgIpc) is 2.65. The van der Waals surface area contributed by atoms with E-state index in [0.717, 1.165) is 27.3 Å². The van der Waals surface area contributed by atoms with E-state index in [4.69, 9.17) is 0 Å². The maximum atomic E-state index is 12.4. The Bertz CT molecular complexity index is 865. The SMILES string of the molecule is CC(=O)[C@@H](Cc1ccccc1)NC(=O)C[NH+](C)CC(=O)Nc1cccc(C)c1C. The number of anilines is 1. The number of rotatable bonds is 9. The molecule has 0 fully saturated rings. The third kappa shape index (κ3) is 7.16. The monoisotopic (exact) mass is 396 g/mol. The summed E-state index contributed by atoms with van der Waals surface area (Å²) in [5, 5.41) is 5.70. The van der Waals surface area contributed by atoms with Gasteiger partial charge in [-0.25, -0.2) is 0 Å². The number of Topliss-reactive ketones (excluding diaryl/α,β-unsaturated/α-hetero) is 1. The maximum absolute atomic E-state index is 12.4. The molecule has 6 nitrogen and oxygen atoms in total. The number of likely N-dealkylation sites (N-methyl/N-ethyl adjacent to an activating group) is 1. The lowest BCUT2D eigenvalue weighted by Gasteiger charge is -2.18. The van der Waals surface area contributed by atoms with Gasteiger partial charge in [-0.05, 0) is 49.9 Å². The van der Waals surface area contributed by atoms with Gasteiger partial charge in [-0.1, -0.05) is 42.5 Å². The normalized spacial score (nSPS) is 12.7. The van der Waals surface area contributed by atoms with Gasteiger partial charge in [0.15, 0.2) is 18.9 Å². The molecule has 6 heteroatoms. The van der Waals surface area contributed by atoms with Crippen LogP contribution >= 0.6 is 0 Å². The van der Waals surface area contributed by atoms with Crippen molar-refractivity contribution >= 4 is 23.3 Å². The fraction of sp³-hybridized carbons (Fsp3) is 0.348. The smallest absolute Gasteiger partial charge is 0.279 e. The molecule has 2 amide bonds. The van der Waals surface area contributed by atoms with Crippen LogP contribution in [0.15, 0.2) is 48.5 Å². The third-order valence-electron chi connectivity index (χ3n) is 4.91. The lowest BCUT2D eigenvalue weighted by atomic mass is 10.0. The summed E-state index contributed by atoms with van der Waals surface area (Å²) in [6.45, 7) is 5.70. The van der Waals surface area contributed by atoms with Crippen molar-refractivity contribution in [2.75, 3.05) is 25.5 Å². The third-order valence-corrected chi connectivity index (χ3v) is 4.91. The Morgan fingerprint density at radius 2 is 1.59 bits per heavy atom. The van der Waals surface area contributed by atoms with Gasteiger partial charge in [0.1, 0.15) is 0 Å². The molecule has 2 atom stereocenters. The number of hydrogen-bond donors (Lipinski definition) is 3.